The molecule has 0 fully saturated rings. The van der Waals surface area contributed by atoms with E-state index in [-0.39, 0.29) is 6.61 Å². The molecule has 5 heteroatoms. The van der Waals surface area contributed by atoms with E-state index < -0.39 is 0 Å². The van der Waals surface area contributed by atoms with Crippen molar-refractivity contribution in [2.24, 2.45) is 0 Å². The molecule has 18 heavy (non-hydrogen) atoms. The van der Waals surface area contributed by atoms with E-state index in [0.717, 1.165) is 11.3 Å². The predicted molar refractivity (Wildman–Crippen MR) is 67.9 cm³/mol. The minimum Gasteiger partial charge on any atom is -0.486 e. The van der Waals surface area contributed by atoms with Gasteiger partial charge in [0.2, 0.25) is 0 Å². The Kier molecular flexibility index (Phi) is 3.89. The van der Waals surface area contributed by atoms with Gasteiger partial charge in [-0.3, -0.25) is 9.78 Å². The molecular formula is C13H11ClN2O2. The van der Waals surface area contributed by atoms with Crippen LogP contribution in [0, 0.1) is 6.92 Å². The van der Waals surface area contributed by atoms with Gasteiger partial charge in [-0.25, -0.2) is 4.98 Å². The van der Waals surface area contributed by atoms with Gasteiger partial charge in [-0.05, 0) is 25.1 Å². The first-order chi connectivity index (χ1) is 8.70. The molecule has 0 aromatic carbocycles. The number of rotatable bonds is 4. The Hall–Kier alpha value is -1.94. The largest absolute Gasteiger partial charge is 0.486 e. The van der Waals surface area contributed by atoms with E-state index in [0.29, 0.717) is 22.8 Å². The lowest BCUT2D eigenvalue weighted by Gasteiger charge is -2.09. The molecular weight excluding hydrogens is 252 g/mol. The van der Waals surface area contributed by atoms with Crippen molar-refractivity contribution < 1.29 is 9.53 Å². The Morgan fingerprint density at radius 2 is 2.22 bits per heavy atom. The Bertz CT molecular complexity index is 573. The van der Waals surface area contributed by atoms with Crippen LogP contribution in [0.2, 0.25) is 5.02 Å². The number of halogens is 1. The molecule has 0 spiro atoms. The number of pyridine rings is 2. The number of aryl methyl sites for hydroxylation is 1. The van der Waals surface area contributed by atoms with E-state index in [9.17, 15) is 4.79 Å². The van der Waals surface area contributed by atoms with Gasteiger partial charge in [0.25, 0.3) is 0 Å². The lowest BCUT2D eigenvalue weighted by atomic mass is 10.2. The van der Waals surface area contributed by atoms with E-state index in [1.807, 2.05) is 6.92 Å². The minimum absolute atomic E-state index is 0.271. The summed E-state index contributed by atoms with van der Waals surface area (Å²) in [5, 5.41) is 0.533. The molecule has 0 amide bonds. The van der Waals surface area contributed by atoms with Crippen LogP contribution < -0.4 is 4.74 Å². The molecule has 0 N–H and O–H groups in total. The van der Waals surface area contributed by atoms with Crippen molar-refractivity contribution in [2.45, 2.75) is 13.5 Å². The van der Waals surface area contributed by atoms with Crippen LogP contribution in [0.3, 0.4) is 0 Å². The number of carbonyl (C=O) groups is 1. The molecule has 0 atom stereocenters. The summed E-state index contributed by atoms with van der Waals surface area (Å²) in [4.78, 5) is 18.9. The second-order valence-corrected chi connectivity index (χ2v) is 4.12. The molecule has 0 bridgehead atoms. The van der Waals surface area contributed by atoms with Crippen molar-refractivity contribution in [1.29, 1.82) is 0 Å². The first kappa shape index (κ1) is 12.5. The van der Waals surface area contributed by atoms with Crippen LogP contribution in [0.5, 0.6) is 5.75 Å². The van der Waals surface area contributed by atoms with Crippen molar-refractivity contribution in [1.82, 2.24) is 9.97 Å². The van der Waals surface area contributed by atoms with Gasteiger partial charge in [0.1, 0.15) is 18.1 Å². The Morgan fingerprint density at radius 1 is 1.39 bits per heavy atom. The van der Waals surface area contributed by atoms with Crippen LogP contribution in [0.4, 0.5) is 0 Å². The van der Waals surface area contributed by atoms with Gasteiger partial charge >= 0.3 is 0 Å². The molecule has 0 saturated heterocycles. The van der Waals surface area contributed by atoms with Crippen molar-refractivity contribution in [3.05, 3.63) is 52.6 Å². The summed E-state index contributed by atoms with van der Waals surface area (Å²) < 4.78 is 5.54. The van der Waals surface area contributed by atoms with Gasteiger partial charge in [0, 0.05) is 23.7 Å². The third-order valence-electron chi connectivity index (χ3n) is 2.38. The number of nitrogens with zero attached hydrogens (tertiary/aromatic N) is 2. The maximum Gasteiger partial charge on any atom is 0.172 e. The molecule has 0 radical (unpaired) electrons. The molecule has 0 aliphatic carbocycles. The lowest BCUT2D eigenvalue weighted by Crippen LogP contribution is -2.01. The maximum atomic E-state index is 10.9. The monoisotopic (exact) mass is 262 g/mol. The first-order valence-electron chi connectivity index (χ1n) is 5.34. The SMILES string of the molecule is Cc1ccc(OCc2ccncc2Cl)c(C=O)n1. The van der Waals surface area contributed by atoms with Crippen LogP contribution in [-0.4, -0.2) is 16.3 Å². The lowest BCUT2D eigenvalue weighted by molar-refractivity contribution is 0.111. The van der Waals surface area contributed by atoms with Crippen LogP contribution in [-0.2, 0) is 6.61 Å². The zero-order valence-corrected chi connectivity index (χ0v) is 10.5. The zero-order valence-electron chi connectivity index (χ0n) is 9.76. The van der Waals surface area contributed by atoms with Gasteiger partial charge in [0.15, 0.2) is 6.29 Å². The number of aldehydes is 1. The second kappa shape index (κ2) is 5.60. The van der Waals surface area contributed by atoms with Crippen molar-refractivity contribution in [3.63, 3.8) is 0 Å². The normalized spacial score (nSPS) is 10.1. The Balaban J connectivity index is 2.16. The Labute approximate surface area is 110 Å². The number of ether oxygens (including phenoxy) is 1. The number of hydrogen-bond donors (Lipinski definition) is 0. The summed E-state index contributed by atoms with van der Waals surface area (Å²) in [6.45, 7) is 2.09. The van der Waals surface area contributed by atoms with Gasteiger partial charge in [-0.1, -0.05) is 11.6 Å². The summed E-state index contributed by atoms with van der Waals surface area (Å²) >= 11 is 5.96. The molecule has 92 valence electrons. The standard InChI is InChI=1S/C13H11ClN2O2/c1-9-2-3-13(12(7-17)16-9)18-8-10-4-5-15-6-11(10)14/h2-7H,8H2,1H3. The quantitative estimate of drug-likeness (QED) is 0.795. The summed E-state index contributed by atoms with van der Waals surface area (Å²) in [6.07, 6.45) is 3.86. The minimum atomic E-state index is 0.271. The third kappa shape index (κ3) is 2.84. The second-order valence-electron chi connectivity index (χ2n) is 3.71. The third-order valence-corrected chi connectivity index (χ3v) is 2.72. The molecule has 2 aromatic rings. The highest BCUT2D eigenvalue weighted by Crippen LogP contribution is 2.19. The van der Waals surface area contributed by atoms with E-state index in [2.05, 4.69) is 9.97 Å². The summed E-state index contributed by atoms with van der Waals surface area (Å²) in [5.41, 5.74) is 1.87. The van der Waals surface area contributed by atoms with Gasteiger partial charge in [0.05, 0.1) is 5.02 Å². The smallest absolute Gasteiger partial charge is 0.172 e. The summed E-state index contributed by atoms with van der Waals surface area (Å²) in [6, 6.07) is 5.28. The van der Waals surface area contributed by atoms with Crippen LogP contribution in [0.15, 0.2) is 30.6 Å². The highest BCUT2D eigenvalue weighted by atomic mass is 35.5. The van der Waals surface area contributed by atoms with Gasteiger partial charge in [-0.15, -0.1) is 0 Å². The topological polar surface area (TPSA) is 52.1 Å². The average molecular weight is 263 g/mol. The molecule has 2 aromatic heterocycles. The zero-order chi connectivity index (χ0) is 13.0. The molecule has 2 heterocycles. The van der Waals surface area contributed by atoms with Crippen molar-refractivity contribution in [3.8, 4) is 5.75 Å². The maximum absolute atomic E-state index is 10.9. The van der Waals surface area contributed by atoms with E-state index in [1.54, 1.807) is 30.6 Å². The van der Waals surface area contributed by atoms with E-state index in [1.165, 1.54) is 0 Å². The number of aromatic nitrogens is 2. The summed E-state index contributed by atoms with van der Waals surface area (Å²) in [7, 11) is 0. The van der Waals surface area contributed by atoms with E-state index in [4.69, 9.17) is 16.3 Å². The fraction of sp³-hybridized carbons (Fsp3) is 0.154. The molecule has 0 saturated carbocycles. The average Bonchev–Trinajstić information content (AvgIpc) is 2.39. The van der Waals surface area contributed by atoms with Gasteiger partial charge < -0.3 is 4.74 Å². The predicted octanol–water partition coefficient (Wildman–Crippen LogP) is 2.83. The highest BCUT2D eigenvalue weighted by molar-refractivity contribution is 6.31. The molecule has 2 rings (SSSR count). The number of hydrogen-bond acceptors (Lipinski definition) is 4. The first-order valence-corrected chi connectivity index (χ1v) is 5.72. The van der Waals surface area contributed by atoms with Crippen molar-refractivity contribution in [2.75, 3.05) is 0 Å². The van der Waals surface area contributed by atoms with Gasteiger partial charge in [-0.2, -0.15) is 0 Å². The number of carbonyl (C=O) groups excluding carboxylic acids is 1. The molecule has 0 aliphatic rings. The fourth-order valence-corrected chi connectivity index (χ4v) is 1.62. The molecule has 4 nitrogen and oxygen atoms in total. The van der Waals surface area contributed by atoms with E-state index >= 15 is 0 Å². The summed E-state index contributed by atoms with van der Waals surface area (Å²) in [5.74, 6) is 0.448. The Morgan fingerprint density at radius 3 is 2.94 bits per heavy atom. The van der Waals surface area contributed by atoms with Crippen LogP contribution in [0.1, 0.15) is 21.7 Å². The highest BCUT2D eigenvalue weighted by Gasteiger charge is 2.06. The van der Waals surface area contributed by atoms with Crippen LogP contribution in [0.25, 0.3) is 0 Å². The van der Waals surface area contributed by atoms with Crippen molar-refractivity contribution >= 4 is 17.9 Å². The molecule has 0 aliphatic heterocycles. The molecule has 0 unspecified atom stereocenters. The fourth-order valence-electron chi connectivity index (χ4n) is 1.45. The van der Waals surface area contributed by atoms with Crippen LogP contribution >= 0.6 is 11.6 Å².